The number of aliphatic hydroxyl groups excluding tert-OH is 1. The van der Waals surface area contributed by atoms with Gasteiger partial charge in [0.25, 0.3) is 0 Å². The summed E-state index contributed by atoms with van der Waals surface area (Å²) in [4.78, 5) is 4.94. The molecule has 2 aliphatic heterocycles. The van der Waals surface area contributed by atoms with E-state index in [1.807, 2.05) is 36.4 Å². The molecule has 0 saturated carbocycles. The number of nitrogens with one attached hydrogen (secondary N) is 1. The van der Waals surface area contributed by atoms with E-state index in [1.165, 1.54) is 0 Å². The van der Waals surface area contributed by atoms with Crippen LogP contribution in [0.5, 0.6) is 0 Å². The highest BCUT2D eigenvalue weighted by atomic mass is 127. The van der Waals surface area contributed by atoms with Gasteiger partial charge in [0.15, 0.2) is 0 Å². The number of aliphatic hydroxyl groups is 1. The molecule has 0 bridgehead atoms. The Hall–Kier alpha value is -2.60. The molecule has 0 aliphatic carbocycles. The molecule has 26 heavy (non-hydrogen) atoms. The van der Waals surface area contributed by atoms with Gasteiger partial charge >= 0.3 is 0 Å². The Kier molecular flexibility index (Phi) is 3.60. The van der Waals surface area contributed by atoms with E-state index >= 15 is 0 Å². The number of anilines is 1. The minimum absolute atomic E-state index is 0.181. The summed E-state index contributed by atoms with van der Waals surface area (Å²) in [5.74, 6) is 0.283. The van der Waals surface area contributed by atoms with Crippen molar-refractivity contribution in [3.63, 3.8) is 0 Å². The molecule has 2 heterocycles. The monoisotopic (exact) mass is 450 g/mol. The van der Waals surface area contributed by atoms with Crippen molar-refractivity contribution < 1.29 is 5.11 Å². The molecule has 3 aromatic carbocycles. The van der Waals surface area contributed by atoms with E-state index in [1.54, 1.807) is 0 Å². The van der Waals surface area contributed by atoms with Crippen molar-refractivity contribution in [2.45, 2.75) is 6.04 Å². The molecular weight excluding hydrogens is 435 g/mol. The minimum Gasteiger partial charge on any atom is -0.507 e. The lowest BCUT2D eigenvalue weighted by Crippen LogP contribution is -2.25. The first kappa shape index (κ1) is 15.6. The van der Waals surface area contributed by atoms with Gasteiger partial charge in [-0.3, -0.25) is 0 Å². The normalized spacial score (nSPS) is 17.6. The summed E-state index contributed by atoms with van der Waals surface area (Å²) in [5.41, 5.74) is 6.51. The average Bonchev–Trinajstić information content (AvgIpc) is 2.96. The maximum absolute atomic E-state index is 11.2. The number of hydrogen-bond donors (Lipinski definition) is 2. The van der Waals surface area contributed by atoms with E-state index in [-0.39, 0.29) is 11.8 Å². The summed E-state index contributed by atoms with van der Waals surface area (Å²) in [5, 5.41) is 14.8. The van der Waals surface area contributed by atoms with E-state index in [0.717, 1.165) is 42.9 Å². The fourth-order valence-corrected chi connectivity index (χ4v) is 4.02. The second-order valence-corrected chi connectivity index (χ2v) is 7.65. The van der Waals surface area contributed by atoms with E-state index in [2.05, 4.69) is 64.3 Å². The van der Waals surface area contributed by atoms with Crippen LogP contribution in [-0.2, 0) is 0 Å². The Labute approximate surface area is 165 Å². The summed E-state index contributed by atoms with van der Waals surface area (Å²) >= 11 is 2.29. The molecule has 5 rings (SSSR count). The molecule has 0 fully saturated rings. The maximum Gasteiger partial charge on any atom is 0.131 e. The lowest BCUT2D eigenvalue weighted by molar-refractivity contribution is 0.513. The molecule has 4 heteroatoms. The van der Waals surface area contributed by atoms with Crippen molar-refractivity contribution in [3.8, 4) is 0 Å². The molecule has 2 aliphatic rings. The number of aliphatic imine (C=N–C) groups is 1. The minimum atomic E-state index is -0.181. The molecule has 126 valence electrons. The fourth-order valence-electron chi connectivity index (χ4n) is 3.66. The number of nitrogens with zero attached hydrogens (tertiary/aromatic N) is 1. The zero-order chi connectivity index (χ0) is 17.7. The third-order valence-corrected chi connectivity index (χ3v) is 5.59. The Morgan fingerprint density at radius 1 is 0.846 bits per heavy atom. The third kappa shape index (κ3) is 2.36. The van der Waals surface area contributed by atoms with Crippen molar-refractivity contribution >= 4 is 51.0 Å². The van der Waals surface area contributed by atoms with Gasteiger partial charge in [-0.1, -0.05) is 42.5 Å². The zero-order valence-electron chi connectivity index (χ0n) is 13.8. The van der Waals surface area contributed by atoms with Gasteiger partial charge in [0, 0.05) is 26.0 Å². The van der Waals surface area contributed by atoms with Gasteiger partial charge in [0.2, 0.25) is 0 Å². The van der Waals surface area contributed by atoms with Crippen LogP contribution in [0.2, 0.25) is 0 Å². The van der Waals surface area contributed by atoms with Crippen molar-refractivity contribution in [2.24, 2.45) is 4.99 Å². The van der Waals surface area contributed by atoms with Crippen LogP contribution in [0, 0.1) is 3.57 Å². The van der Waals surface area contributed by atoms with Crippen LogP contribution in [0.3, 0.4) is 0 Å². The second kappa shape index (κ2) is 5.99. The SMILES string of the molecule is OC1=C(c2ccc(I)cc2)C2Nc3ccccc3C2=Nc2ccccc21. The number of hydrogen-bond acceptors (Lipinski definition) is 3. The van der Waals surface area contributed by atoms with Crippen LogP contribution < -0.4 is 5.32 Å². The average molecular weight is 450 g/mol. The van der Waals surface area contributed by atoms with Crippen molar-refractivity contribution in [1.82, 2.24) is 0 Å². The number of halogens is 1. The number of para-hydroxylation sites is 2. The van der Waals surface area contributed by atoms with Crippen molar-refractivity contribution in [1.29, 1.82) is 0 Å². The highest BCUT2D eigenvalue weighted by Crippen LogP contribution is 2.42. The van der Waals surface area contributed by atoms with E-state index in [4.69, 9.17) is 4.99 Å². The zero-order valence-corrected chi connectivity index (χ0v) is 15.9. The van der Waals surface area contributed by atoms with Crippen LogP contribution in [0.15, 0.2) is 77.8 Å². The lowest BCUT2D eigenvalue weighted by atomic mass is 9.92. The molecule has 3 nitrogen and oxygen atoms in total. The quantitative estimate of drug-likeness (QED) is 0.471. The Morgan fingerprint density at radius 2 is 1.54 bits per heavy atom. The molecule has 0 radical (unpaired) electrons. The van der Waals surface area contributed by atoms with Gasteiger partial charge < -0.3 is 10.4 Å². The molecule has 2 N–H and O–H groups in total. The predicted octanol–water partition coefficient (Wildman–Crippen LogP) is 5.65. The first-order valence-corrected chi connectivity index (χ1v) is 9.53. The molecule has 0 amide bonds. The standard InChI is InChI=1S/C22H15IN2O/c23-14-11-9-13(10-12-14)19-21-20(15-5-1-3-7-17(15)25-21)24-18-8-4-2-6-16(18)22(19)26/h1-12,21,25-26H. The fraction of sp³-hybridized carbons (Fsp3) is 0.0455. The Bertz CT molecular complexity index is 1080. The van der Waals surface area contributed by atoms with Gasteiger partial charge in [0.05, 0.1) is 17.4 Å². The van der Waals surface area contributed by atoms with Crippen LogP contribution >= 0.6 is 22.6 Å². The molecule has 1 atom stereocenters. The van der Waals surface area contributed by atoms with Crippen molar-refractivity contribution in [2.75, 3.05) is 5.32 Å². The molecular formula is C22H15IN2O. The van der Waals surface area contributed by atoms with Gasteiger partial charge in [0.1, 0.15) is 5.76 Å². The lowest BCUT2D eigenvalue weighted by Gasteiger charge is -2.18. The summed E-state index contributed by atoms with van der Waals surface area (Å²) in [6.07, 6.45) is 0. The first-order chi connectivity index (χ1) is 12.7. The highest BCUT2D eigenvalue weighted by molar-refractivity contribution is 14.1. The van der Waals surface area contributed by atoms with Crippen LogP contribution in [0.4, 0.5) is 11.4 Å². The van der Waals surface area contributed by atoms with Gasteiger partial charge in [-0.2, -0.15) is 0 Å². The molecule has 0 aromatic heterocycles. The molecule has 3 aromatic rings. The topological polar surface area (TPSA) is 44.6 Å². The molecule has 0 spiro atoms. The number of benzene rings is 3. The first-order valence-electron chi connectivity index (χ1n) is 8.45. The predicted molar refractivity (Wildman–Crippen MR) is 115 cm³/mol. The van der Waals surface area contributed by atoms with Crippen LogP contribution in [0.25, 0.3) is 11.3 Å². The molecule has 0 saturated heterocycles. The van der Waals surface area contributed by atoms with Gasteiger partial charge in [-0.25, -0.2) is 4.99 Å². The summed E-state index contributed by atoms with van der Waals surface area (Å²) in [6, 6.07) is 24.0. The molecule has 1 unspecified atom stereocenters. The highest BCUT2D eigenvalue weighted by Gasteiger charge is 2.35. The van der Waals surface area contributed by atoms with Gasteiger partial charge in [-0.15, -0.1) is 0 Å². The largest absolute Gasteiger partial charge is 0.507 e. The van der Waals surface area contributed by atoms with E-state index < -0.39 is 0 Å². The van der Waals surface area contributed by atoms with E-state index in [0.29, 0.717) is 0 Å². The summed E-state index contributed by atoms with van der Waals surface area (Å²) in [6.45, 7) is 0. The van der Waals surface area contributed by atoms with Crippen LogP contribution in [-0.4, -0.2) is 16.9 Å². The number of fused-ring (bicyclic) bond motifs is 4. The summed E-state index contributed by atoms with van der Waals surface area (Å²) in [7, 11) is 0. The summed E-state index contributed by atoms with van der Waals surface area (Å²) < 4.78 is 1.16. The maximum atomic E-state index is 11.2. The smallest absolute Gasteiger partial charge is 0.131 e. The van der Waals surface area contributed by atoms with Crippen LogP contribution in [0.1, 0.15) is 16.7 Å². The third-order valence-electron chi connectivity index (χ3n) is 4.88. The van der Waals surface area contributed by atoms with Crippen molar-refractivity contribution in [3.05, 3.63) is 93.1 Å². The Morgan fingerprint density at radius 3 is 2.35 bits per heavy atom. The second-order valence-electron chi connectivity index (χ2n) is 6.41. The van der Waals surface area contributed by atoms with Gasteiger partial charge in [-0.05, 0) is 58.5 Å². The van der Waals surface area contributed by atoms with E-state index in [9.17, 15) is 5.11 Å². The Balaban J connectivity index is 1.81. The number of rotatable bonds is 1.